The smallest absolute Gasteiger partial charge is 0.169 e. The van der Waals surface area contributed by atoms with Crippen LogP contribution in [-0.4, -0.2) is 19.8 Å². The zero-order chi connectivity index (χ0) is 17.2. The summed E-state index contributed by atoms with van der Waals surface area (Å²) in [7, 11) is 0. The lowest BCUT2D eigenvalue weighted by Crippen LogP contribution is -2.36. The Hall–Kier alpha value is -2.21. The van der Waals surface area contributed by atoms with E-state index in [2.05, 4.69) is 28.9 Å². The highest BCUT2D eigenvalue weighted by Crippen LogP contribution is 2.17. The van der Waals surface area contributed by atoms with E-state index in [0.29, 0.717) is 19.8 Å². The molecule has 0 amide bonds. The molecule has 0 fully saturated rings. The van der Waals surface area contributed by atoms with Crippen LogP contribution in [0.3, 0.4) is 0 Å². The van der Waals surface area contributed by atoms with Gasteiger partial charge in [0.15, 0.2) is 18.9 Å². The average molecular weight is 328 g/mol. The van der Waals surface area contributed by atoms with E-state index >= 15 is 0 Å². The van der Waals surface area contributed by atoms with Gasteiger partial charge in [-0.2, -0.15) is 0 Å². The third kappa shape index (κ3) is 5.45. The summed E-state index contributed by atoms with van der Waals surface area (Å²) < 4.78 is 2.07. The Morgan fingerprint density at radius 3 is 1.96 bits per heavy atom. The lowest BCUT2D eigenvalue weighted by atomic mass is 10.1. The average Bonchev–Trinajstić information content (AvgIpc) is 2.62. The van der Waals surface area contributed by atoms with E-state index in [1.165, 1.54) is 5.23 Å². The van der Waals surface area contributed by atoms with Crippen molar-refractivity contribution in [2.45, 2.75) is 20.4 Å². The normalized spacial score (nSPS) is 11.1. The first-order valence-corrected chi connectivity index (χ1v) is 8.30. The third-order valence-electron chi connectivity index (χ3n) is 3.37. The molecule has 1 aromatic carbocycles. The van der Waals surface area contributed by atoms with E-state index in [-0.39, 0.29) is 0 Å². The maximum atomic E-state index is 5.55. The molecule has 2 rings (SSSR count). The highest BCUT2D eigenvalue weighted by molar-refractivity contribution is 5.70. The standard InChI is InChI=1S/C19H26N3O2/c1-3-23-22(24-4-2)19-9-7-17(8-10-19)5-6-18-11-14-21(15-12-18)16-13-20/h5-12,14-15H,3-4,13,16,20H2,1-2H3/q+1. The molecule has 0 aliphatic heterocycles. The van der Waals surface area contributed by atoms with Gasteiger partial charge in [-0.1, -0.05) is 24.3 Å². The summed E-state index contributed by atoms with van der Waals surface area (Å²) >= 11 is 0. The lowest BCUT2D eigenvalue weighted by Gasteiger charge is -2.21. The predicted molar refractivity (Wildman–Crippen MR) is 96.8 cm³/mol. The van der Waals surface area contributed by atoms with Crippen molar-refractivity contribution in [1.29, 1.82) is 0 Å². The Kier molecular flexibility index (Phi) is 7.42. The maximum Gasteiger partial charge on any atom is 0.169 e. The van der Waals surface area contributed by atoms with E-state index in [0.717, 1.165) is 23.4 Å². The van der Waals surface area contributed by atoms with Crippen LogP contribution in [0.4, 0.5) is 5.69 Å². The molecule has 0 aliphatic rings. The van der Waals surface area contributed by atoms with Crippen LogP contribution in [0.15, 0.2) is 48.8 Å². The minimum atomic E-state index is 0.555. The van der Waals surface area contributed by atoms with Gasteiger partial charge in [0.2, 0.25) is 0 Å². The maximum absolute atomic E-state index is 5.55. The molecule has 1 heterocycles. The van der Waals surface area contributed by atoms with Gasteiger partial charge in [0.1, 0.15) is 0 Å². The lowest BCUT2D eigenvalue weighted by molar-refractivity contribution is -0.694. The molecule has 5 heteroatoms. The molecule has 5 nitrogen and oxygen atoms in total. The van der Waals surface area contributed by atoms with Gasteiger partial charge in [0, 0.05) is 12.1 Å². The van der Waals surface area contributed by atoms with Gasteiger partial charge in [0.25, 0.3) is 0 Å². The Labute approximate surface area is 143 Å². The number of pyridine rings is 1. The van der Waals surface area contributed by atoms with Gasteiger partial charge >= 0.3 is 0 Å². The summed E-state index contributed by atoms with van der Waals surface area (Å²) in [6.07, 6.45) is 8.25. The fourth-order valence-electron chi connectivity index (χ4n) is 2.20. The molecule has 0 aliphatic carbocycles. The number of hydrogen-bond acceptors (Lipinski definition) is 4. The monoisotopic (exact) mass is 328 g/mol. The SMILES string of the molecule is CCON(OCC)c1ccc(C=Cc2cc[n+](CCN)cc2)cc1. The summed E-state index contributed by atoms with van der Waals surface area (Å²) in [6.45, 7) is 6.45. The Balaban J connectivity index is 2.02. The molecule has 24 heavy (non-hydrogen) atoms. The first kappa shape index (κ1) is 18.1. The van der Waals surface area contributed by atoms with Crippen LogP contribution in [0.2, 0.25) is 0 Å². The van der Waals surface area contributed by atoms with E-state index in [9.17, 15) is 0 Å². The molecule has 2 aromatic rings. The Bertz CT molecular complexity index is 618. The van der Waals surface area contributed by atoms with Crippen LogP contribution in [0, 0.1) is 0 Å². The van der Waals surface area contributed by atoms with Gasteiger partial charge in [-0.05, 0) is 37.1 Å². The second-order valence-electron chi connectivity index (χ2n) is 5.18. The molecule has 0 radical (unpaired) electrons. The summed E-state index contributed by atoms with van der Waals surface area (Å²) in [5.41, 5.74) is 8.69. The first-order chi connectivity index (χ1) is 11.8. The summed E-state index contributed by atoms with van der Waals surface area (Å²) in [4.78, 5) is 10.9. The minimum Gasteiger partial charge on any atom is -0.325 e. The number of nitrogens with zero attached hydrogens (tertiary/aromatic N) is 2. The van der Waals surface area contributed by atoms with Crippen LogP contribution in [-0.2, 0) is 16.2 Å². The van der Waals surface area contributed by atoms with Gasteiger partial charge in [-0.15, -0.1) is 5.23 Å². The molecule has 0 atom stereocenters. The quantitative estimate of drug-likeness (QED) is 0.568. The van der Waals surface area contributed by atoms with Crippen LogP contribution in [0.5, 0.6) is 0 Å². The second kappa shape index (κ2) is 9.82. The molecule has 1 aromatic heterocycles. The highest BCUT2D eigenvalue weighted by Gasteiger charge is 2.06. The van der Waals surface area contributed by atoms with Crippen molar-refractivity contribution >= 4 is 17.8 Å². The number of aromatic nitrogens is 1. The van der Waals surface area contributed by atoms with E-state index in [1.54, 1.807) is 0 Å². The molecule has 0 saturated carbocycles. The van der Waals surface area contributed by atoms with Gasteiger partial charge < -0.3 is 5.73 Å². The van der Waals surface area contributed by atoms with Crippen LogP contribution >= 0.6 is 0 Å². The number of anilines is 1. The van der Waals surface area contributed by atoms with Crippen molar-refractivity contribution in [2.75, 3.05) is 25.0 Å². The van der Waals surface area contributed by atoms with Crippen LogP contribution < -0.4 is 15.5 Å². The van der Waals surface area contributed by atoms with E-state index in [4.69, 9.17) is 15.4 Å². The number of rotatable bonds is 9. The molecular weight excluding hydrogens is 302 g/mol. The fraction of sp³-hybridized carbons (Fsp3) is 0.316. The molecule has 0 saturated heterocycles. The highest BCUT2D eigenvalue weighted by atomic mass is 16.9. The summed E-state index contributed by atoms with van der Waals surface area (Å²) in [6, 6.07) is 12.2. The van der Waals surface area contributed by atoms with Gasteiger partial charge in [-0.25, -0.2) is 14.2 Å². The number of nitrogens with two attached hydrogens (primary N) is 1. The van der Waals surface area contributed by atoms with Gasteiger partial charge in [-0.3, -0.25) is 0 Å². The molecule has 2 N–H and O–H groups in total. The fourth-order valence-corrected chi connectivity index (χ4v) is 2.20. The van der Waals surface area contributed by atoms with Crippen molar-refractivity contribution in [1.82, 2.24) is 0 Å². The van der Waals surface area contributed by atoms with Crippen molar-refractivity contribution in [3.63, 3.8) is 0 Å². The Morgan fingerprint density at radius 2 is 1.46 bits per heavy atom. The number of hydrogen-bond donors (Lipinski definition) is 1. The van der Waals surface area contributed by atoms with Crippen molar-refractivity contribution in [2.24, 2.45) is 5.73 Å². The molecule has 0 unspecified atom stereocenters. The molecule has 0 spiro atoms. The minimum absolute atomic E-state index is 0.555. The van der Waals surface area contributed by atoms with E-state index in [1.807, 2.05) is 50.5 Å². The summed E-state index contributed by atoms with van der Waals surface area (Å²) in [5, 5.41) is 1.46. The van der Waals surface area contributed by atoms with Crippen molar-refractivity contribution < 1.29 is 14.2 Å². The Morgan fingerprint density at radius 1 is 0.917 bits per heavy atom. The predicted octanol–water partition coefficient (Wildman–Crippen LogP) is 2.81. The summed E-state index contributed by atoms with van der Waals surface area (Å²) in [5.74, 6) is 0. The third-order valence-corrected chi connectivity index (χ3v) is 3.37. The topological polar surface area (TPSA) is 51.6 Å². The zero-order valence-corrected chi connectivity index (χ0v) is 14.4. The van der Waals surface area contributed by atoms with Crippen LogP contribution in [0.1, 0.15) is 25.0 Å². The largest absolute Gasteiger partial charge is 0.325 e. The number of benzene rings is 1. The molecule has 128 valence electrons. The molecular formula is C19H26N3O2+. The second-order valence-corrected chi connectivity index (χ2v) is 5.18. The van der Waals surface area contributed by atoms with Crippen molar-refractivity contribution in [3.05, 3.63) is 59.9 Å². The van der Waals surface area contributed by atoms with Gasteiger partial charge in [0.05, 0.1) is 25.4 Å². The zero-order valence-electron chi connectivity index (χ0n) is 14.4. The first-order valence-electron chi connectivity index (χ1n) is 8.30. The van der Waals surface area contributed by atoms with E-state index < -0.39 is 0 Å². The van der Waals surface area contributed by atoms with Crippen LogP contribution in [0.25, 0.3) is 12.2 Å². The molecule has 0 bridgehead atoms. The van der Waals surface area contributed by atoms with Crippen molar-refractivity contribution in [3.8, 4) is 0 Å².